The van der Waals surface area contributed by atoms with Crippen LogP contribution in [0.3, 0.4) is 0 Å². The van der Waals surface area contributed by atoms with Crippen LogP contribution in [0.5, 0.6) is 0 Å². The molecule has 1 saturated heterocycles. The van der Waals surface area contributed by atoms with E-state index >= 15 is 0 Å². The summed E-state index contributed by atoms with van der Waals surface area (Å²) in [4.78, 5) is 0. The highest BCUT2D eigenvalue weighted by Gasteiger charge is 2.60. The Kier molecular flexibility index (Phi) is 14.4. The van der Waals surface area contributed by atoms with Crippen LogP contribution in [-0.2, 0) is 18.0 Å². The van der Waals surface area contributed by atoms with Gasteiger partial charge in [-0.15, -0.1) is 0 Å². The Morgan fingerprint density at radius 1 is 0.429 bits per heavy atom. The zero-order chi connectivity index (χ0) is 45.1. The largest absolute Gasteiger partial charge is 0.405 e. The molecule has 1 N–H and O–H groups in total. The number of halogens is 1. The molecule has 0 radical (unpaired) electrons. The highest BCUT2D eigenvalue weighted by atomic mass is 127. The Labute approximate surface area is 393 Å². The number of aliphatic hydroxyl groups is 1. The number of rotatable bonds is 13. The first kappa shape index (κ1) is 47.5. The van der Waals surface area contributed by atoms with Crippen molar-refractivity contribution in [3.8, 4) is 0 Å². The van der Waals surface area contributed by atoms with Crippen LogP contribution in [0.2, 0.25) is 15.1 Å². The summed E-state index contributed by atoms with van der Waals surface area (Å²) in [6.45, 7) is 20.9. The lowest BCUT2D eigenvalue weighted by Gasteiger charge is -2.54. The second kappa shape index (κ2) is 19.1. The van der Waals surface area contributed by atoms with E-state index in [2.05, 4.69) is 267 Å². The van der Waals surface area contributed by atoms with E-state index in [1.54, 1.807) is 0 Å². The normalized spacial score (nSPS) is 20.3. The van der Waals surface area contributed by atoms with E-state index in [4.69, 9.17) is 18.0 Å². The SMILES string of the molecule is CC(C)(C)[Si](OC[C@H]1O[C@H](O)[C@@H](I)[C@@H](O[Si](c2ccccc2)(c2ccccc2)C(C)(C)C)[C@@H]1O[Si](c1ccccc1)(c1ccccc1)C(C)(C)C)(c1ccccc1)c1ccccc1. The van der Waals surface area contributed by atoms with Crippen LogP contribution >= 0.6 is 22.6 Å². The fourth-order valence-corrected chi connectivity index (χ4v) is 25.0. The lowest BCUT2D eigenvalue weighted by molar-refractivity contribution is -0.223. The van der Waals surface area contributed by atoms with Gasteiger partial charge in [0.1, 0.15) is 12.2 Å². The molecule has 6 aromatic rings. The van der Waals surface area contributed by atoms with Crippen molar-refractivity contribution in [3.05, 3.63) is 182 Å². The molecule has 1 aliphatic heterocycles. The predicted molar refractivity (Wildman–Crippen MR) is 277 cm³/mol. The maximum Gasteiger partial charge on any atom is 0.261 e. The summed E-state index contributed by atoms with van der Waals surface area (Å²) in [5.74, 6) is 0. The lowest BCUT2D eigenvalue weighted by atomic mass is 10.0. The first-order valence-electron chi connectivity index (χ1n) is 22.3. The summed E-state index contributed by atoms with van der Waals surface area (Å²) in [6.07, 6.45) is -3.14. The van der Waals surface area contributed by atoms with Gasteiger partial charge in [-0.1, -0.05) is 267 Å². The monoisotopic (exact) mass is 1000 g/mol. The molecule has 5 nitrogen and oxygen atoms in total. The number of ether oxygens (including phenoxy) is 1. The van der Waals surface area contributed by atoms with Gasteiger partial charge in [0.25, 0.3) is 25.0 Å². The van der Waals surface area contributed by atoms with Crippen LogP contribution in [0.15, 0.2) is 182 Å². The number of benzene rings is 6. The first-order valence-corrected chi connectivity index (χ1v) is 29.2. The molecule has 1 aliphatic rings. The van der Waals surface area contributed by atoms with Gasteiger partial charge in [0.15, 0.2) is 6.29 Å². The third-order valence-corrected chi connectivity index (χ3v) is 29.3. The van der Waals surface area contributed by atoms with Crippen LogP contribution in [0.4, 0.5) is 0 Å². The standard InChI is InChI=1S/C54H65IO5Si3/c1-52(2,3)61(41-28-16-10-17-29-41,42-30-18-11-19-31-42)57-40-47-49(59-62(53(4,5)6,43-32-20-12-21-33-43)44-34-22-13-23-35-44)50(48(55)51(56)58-47)60-63(54(7,8)9,45-36-24-14-25-37-45)46-38-26-15-27-39-46/h10-39,47-51,56H,40H2,1-9H3/t47-,48+,49-,50-,51+/m1/s1. The summed E-state index contributed by atoms with van der Waals surface area (Å²) in [5.41, 5.74) is 0. The van der Waals surface area contributed by atoms with Crippen molar-refractivity contribution in [3.63, 3.8) is 0 Å². The van der Waals surface area contributed by atoms with Crippen molar-refractivity contribution in [2.24, 2.45) is 0 Å². The second-order valence-electron chi connectivity index (χ2n) is 20.0. The molecule has 0 unspecified atom stereocenters. The molecular weight excluding hydrogens is 940 g/mol. The zero-order valence-electron chi connectivity index (χ0n) is 38.4. The summed E-state index contributed by atoms with van der Waals surface area (Å²) >= 11 is 2.38. The Morgan fingerprint density at radius 3 is 0.952 bits per heavy atom. The third-order valence-electron chi connectivity index (χ3n) is 12.9. The number of aliphatic hydroxyl groups excluding tert-OH is 1. The topological polar surface area (TPSA) is 57.2 Å². The molecule has 0 bridgehead atoms. The van der Waals surface area contributed by atoms with E-state index in [1.807, 2.05) is 0 Å². The van der Waals surface area contributed by atoms with Gasteiger partial charge >= 0.3 is 0 Å². The highest BCUT2D eigenvalue weighted by Crippen LogP contribution is 2.45. The third kappa shape index (κ3) is 9.07. The van der Waals surface area contributed by atoms with Crippen molar-refractivity contribution in [1.82, 2.24) is 0 Å². The smallest absolute Gasteiger partial charge is 0.261 e. The molecule has 9 heteroatoms. The van der Waals surface area contributed by atoms with Gasteiger partial charge in [-0.3, -0.25) is 0 Å². The summed E-state index contributed by atoms with van der Waals surface area (Å²) in [7, 11) is -9.56. The molecular formula is C54H65IO5Si3. The van der Waals surface area contributed by atoms with Crippen LogP contribution in [-0.4, -0.2) is 65.2 Å². The molecule has 1 heterocycles. The minimum Gasteiger partial charge on any atom is -0.405 e. The van der Waals surface area contributed by atoms with E-state index < -0.39 is 53.5 Å². The number of alkyl halides is 1. The Bertz CT molecular complexity index is 2220. The number of hydrogen-bond donors (Lipinski definition) is 1. The van der Waals surface area contributed by atoms with Crippen molar-refractivity contribution < 1.29 is 23.1 Å². The molecule has 0 aliphatic carbocycles. The quantitative estimate of drug-likeness (QED) is 0.0712. The van der Waals surface area contributed by atoms with E-state index in [0.717, 1.165) is 20.7 Å². The molecule has 330 valence electrons. The average molecular weight is 1010 g/mol. The van der Waals surface area contributed by atoms with E-state index in [-0.39, 0.29) is 21.7 Å². The maximum absolute atomic E-state index is 12.3. The maximum atomic E-state index is 12.3. The van der Waals surface area contributed by atoms with Crippen LogP contribution < -0.4 is 31.1 Å². The molecule has 0 spiro atoms. The van der Waals surface area contributed by atoms with Crippen molar-refractivity contribution in [1.29, 1.82) is 0 Å². The van der Waals surface area contributed by atoms with E-state index in [9.17, 15) is 5.11 Å². The molecule has 1 fully saturated rings. The Morgan fingerprint density at radius 2 is 0.683 bits per heavy atom. The first-order chi connectivity index (χ1) is 30.0. The van der Waals surface area contributed by atoms with Gasteiger partial charge < -0.3 is 23.1 Å². The van der Waals surface area contributed by atoms with Gasteiger partial charge in [0.2, 0.25) is 0 Å². The van der Waals surface area contributed by atoms with Crippen molar-refractivity contribution >= 4 is 78.7 Å². The second-order valence-corrected chi connectivity index (χ2v) is 34.2. The summed E-state index contributed by atoms with van der Waals surface area (Å²) < 4.78 is 30.7. The van der Waals surface area contributed by atoms with Crippen LogP contribution in [0.25, 0.3) is 0 Å². The van der Waals surface area contributed by atoms with Gasteiger partial charge in [-0.25, -0.2) is 0 Å². The summed E-state index contributed by atoms with van der Waals surface area (Å²) in [5, 5.41) is 18.4. The Hall–Kier alpha value is -3.50. The minimum absolute atomic E-state index is 0.178. The van der Waals surface area contributed by atoms with Crippen molar-refractivity contribution in [2.45, 2.75) is 106 Å². The zero-order valence-corrected chi connectivity index (χ0v) is 43.5. The minimum atomic E-state index is -3.26. The average Bonchev–Trinajstić information content (AvgIpc) is 3.27. The van der Waals surface area contributed by atoms with E-state index in [1.165, 1.54) is 10.4 Å². The number of hydrogen-bond acceptors (Lipinski definition) is 5. The van der Waals surface area contributed by atoms with Crippen LogP contribution in [0.1, 0.15) is 62.3 Å². The van der Waals surface area contributed by atoms with Gasteiger partial charge in [-0.05, 0) is 46.2 Å². The molecule has 5 atom stereocenters. The molecule has 0 amide bonds. The molecule has 63 heavy (non-hydrogen) atoms. The fourth-order valence-electron chi connectivity index (χ4n) is 10.1. The Balaban J connectivity index is 1.49. The van der Waals surface area contributed by atoms with E-state index in [0.29, 0.717) is 0 Å². The molecule has 0 saturated carbocycles. The summed E-state index contributed by atoms with van der Waals surface area (Å²) in [6, 6.07) is 64.5. The molecule has 6 aromatic carbocycles. The van der Waals surface area contributed by atoms with Gasteiger partial charge in [0, 0.05) is 0 Å². The lowest BCUT2D eigenvalue weighted by Crippen LogP contribution is -2.75. The highest BCUT2D eigenvalue weighted by molar-refractivity contribution is 14.1. The molecule has 0 aromatic heterocycles. The fraction of sp³-hybridized carbons (Fsp3) is 0.333. The predicted octanol–water partition coefficient (Wildman–Crippen LogP) is 8.97. The van der Waals surface area contributed by atoms with Gasteiger partial charge in [-0.2, -0.15) is 0 Å². The van der Waals surface area contributed by atoms with Crippen molar-refractivity contribution in [2.75, 3.05) is 6.61 Å². The van der Waals surface area contributed by atoms with Gasteiger partial charge in [0.05, 0.1) is 16.6 Å². The van der Waals surface area contributed by atoms with Crippen LogP contribution in [0, 0.1) is 0 Å². The molecule has 7 rings (SSSR count).